The van der Waals surface area contributed by atoms with Crippen molar-refractivity contribution in [3.63, 3.8) is 0 Å². The summed E-state index contributed by atoms with van der Waals surface area (Å²) in [4.78, 5) is 25.4. The molecule has 0 amide bonds. The van der Waals surface area contributed by atoms with Crippen molar-refractivity contribution in [1.82, 2.24) is 0 Å². The summed E-state index contributed by atoms with van der Waals surface area (Å²) in [6, 6.07) is 6.51. The summed E-state index contributed by atoms with van der Waals surface area (Å²) >= 11 is 0. The average molecular weight is 404 g/mol. The summed E-state index contributed by atoms with van der Waals surface area (Å²) in [5.41, 5.74) is 0.738. The third-order valence-electron chi connectivity index (χ3n) is 5.77. The molecule has 2 aliphatic rings. The molecule has 2 aliphatic carbocycles. The SMILES string of the molecule is COc1ccc(NC(CC(=O)OC2CCCCC2)C(=O)OC2CCCCC2)cc1. The minimum absolute atomic E-state index is 0.0211. The molecule has 2 fully saturated rings. The number of ether oxygens (including phenoxy) is 3. The van der Waals surface area contributed by atoms with E-state index in [4.69, 9.17) is 14.2 Å². The molecule has 0 spiro atoms. The number of hydrogen-bond acceptors (Lipinski definition) is 6. The molecular formula is C23H33NO5. The predicted octanol–water partition coefficient (Wildman–Crippen LogP) is 4.62. The minimum atomic E-state index is -0.763. The van der Waals surface area contributed by atoms with Gasteiger partial charge in [0.25, 0.3) is 0 Å². The van der Waals surface area contributed by atoms with Gasteiger partial charge in [-0.3, -0.25) is 4.79 Å². The van der Waals surface area contributed by atoms with Crippen LogP contribution in [0.4, 0.5) is 5.69 Å². The van der Waals surface area contributed by atoms with E-state index in [-0.39, 0.29) is 30.6 Å². The van der Waals surface area contributed by atoms with Crippen LogP contribution in [0.5, 0.6) is 5.75 Å². The molecule has 1 atom stereocenters. The molecule has 6 nitrogen and oxygen atoms in total. The standard InChI is InChI=1S/C23H33NO5/c1-27-18-14-12-17(13-15-18)24-21(23(26)29-20-10-6-3-7-11-20)16-22(25)28-19-8-4-2-5-9-19/h12-15,19-21,24H,2-11,16H2,1H3. The first-order chi connectivity index (χ1) is 14.1. The topological polar surface area (TPSA) is 73.9 Å². The van der Waals surface area contributed by atoms with Gasteiger partial charge in [-0.2, -0.15) is 0 Å². The van der Waals surface area contributed by atoms with Crippen LogP contribution in [-0.2, 0) is 19.1 Å². The Balaban J connectivity index is 1.61. The molecular weight excluding hydrogens is 370 g/mol. The molecule has 0 saturated heterocycles. The second-order valence-corrected chi connectivity index (χ2v) is 8.08. The number of carbonyl (C=O) groups is 2. The molecule has 160 valence electrons. The normalized spacial score (nSPS) is 19.2. The summed E-state index contributed by atoms with van der Waals surface area (Å²) in [6.07, 6.45) is 10.2. The van der Waals surface area contributed by atoms with Crippen LogP contribution in [0.15, 0.2) is 24.3 Å². The van der Waals surface area contributed by atoms with E-state index in [1.807, 2.05) is 24.3 Å². The molecule has 6 heteroatoms. The van der Waals surface area contributed by atoms with Crippen LogP contribution >= 0.6 is 0 Å². The summed E-state index contributed by atoms with van der Waals surface area (Å²) in [5.74, 6) is 0.00501. The zero-order valence-electron chi connectivity index (χ0n) is 17.4. The summed E-state index contributed by atoms with van der Waals surface area (Å²) in [7, 11) is 1.61. The first kappa shape index (κ1) is 21.5. The maximum absolute atomic E-state index is 12.8. The third kappa shape index (κ3) is 6.94. The Bertz CT molecular complexity index is 648. The fraction of sp³-hybridized carbons (Fsp3) is 0.652. The highest BCUT2D eigenvalue weighted by molar-refractivity contribution is 5.85. The van der Waals surface area contributed by atoms with Gasteiger partial charge in [-0.05, 0) is 75.6 Å². The lowest BCUT2D eigenvalue weighted by atomic mass is 9.97. The van der Waals surface area contributed by atoms with Gasteiger partial charge in [-0.15, -0.1) is 0 Å². The van der Waals surface area contributed by atoms with Gasteiger partial charge in [0.1, 0.15) is 24.0 Å². The molecule has 0 aromatic heterocycles. The van der Waals surface area contributed by atoms with E-state index in [2.05, 4.69) is 5.32 Å². The molecule has 1 aromatic carbocycles. The van der Waals surface area contributed by atoms with Gasteiger partial charge in [-0.25, -0.2) is 4.79 Å². The van der Waals surface area contributed by atoms with Crippen molar-refractivity contribution in [2.75, 3.05) is 12.4 Å². The van der Waals surface area contributed by atoms with Crippen molar-refractivity contribution in [2.24, 2.45) is 0 Å². The molecule has 1 unspecified atom stereocenters. The lowest BCUT2D eigenvalue weighted by Crippen LogP contribution is -2.37. The van der Waals surface area contributed by atoms with Crippen molar-refractivity contribution < 1.29 is 23.8 Å². The van der Waals surface area contributed by atoms with Gasteiger partial charge < -0.3 is 19.5 Å². The van der Waals surface area contributed by atoms with Crippen LogP contribution in [0.25, 0.3) is 0 Å². The third-order valence-corrected chi connectivity index (χ3v) is 5.77. The Morgan fingerprint density at radius 3 is 2.00 bits per heavy atom. The Morgan fingerprint density at radius 1 is 0.897 bits per heavy atom. The lowest BCUT2D eigenvalue weighted by molar-refractivity contribution is -0.158. The second kappa shape index (κ2) is 11.1. The van der Waals surface area contributed by atoms with E-state index >= 15 is 0 Å². The zero-order valence-corrected chi connectivity index (χ0v) is 17.4. The minimum Gasteiger partial charge on any atom is -0.497 e. The number of anilines is 1. The van der Waals surface area contributed by atoms with Gasteiger partial charge >= 0.3 is 11.9 Å². The molecule has 1 N–H and O–H groups in total. The fourth-order valence-corrected chi connectivity index (χ4v) is 4.09. The Hall–Kier alpha value is -2.24. The van der Waals surface area contributed by atoms with Gasteiger partial charge in [0, 0.05) is 5.69 Å². The predicted molar refractivity (Wildman–Crippen MR) is 111 cm³/mol. The first-order valence-corrected chi connectivity index (χ1v) is 10.9. The lowest BCUT2D eigenvalue weighted by Gasteiger charge is -2.26. The smallest absolute Gasteiger partial charge is 0.329 e. The van der Waals surface area contributed by atoms with Crippen LogP contribution < -0.4 is 10.1 Å². The summed E-state index contributed by atoms with van der Waals surface area (Å²) in [5, 5.41) is 3.16. The van der Waals surface area contributed by atoms with Crippen molar-refractivity contribution in [1.29, 1.82) is 0 Å². The number of rotatable bonds is 8. The number of methoxy groups -OCH3 is 1. The maximum atomic E-state index is 12.8. The molecule has 0 heterocycles. The van der Waals surface area contributed by atoms with Gasteiger partial charge in [0.15, 0.2) is 0 Å². The van der Waals surface area contributed by atoms with E-state index in [1.54, 1.807) is 7.11 Å². The quantitative estimate of drug-likeness (QED) is 0.639. The van der Waals surface area contributed by atoms with Crippen molar-refractivity contribution in [3.05, 3.63) is 24.3 Å². The highest BCUT2D eigenvalue weighted by Gasteiger charge is 2.29. The van der Waals surface area contributed by atoms with Gasteiger partial charge in [0.2, 0.25) is 0 Å². The van der Waals surface area contributed by atoms with Crippen LogP contribution in [0, 0.1) is 0 Å². The van der Waals surface area contributed by atoms with E-state index < -0.39 is 6.04 Å². The van der Waals surface area contributed by atoms with E-state index in [0.29, 0.717) is 0 Å². The number of benzene rings is 1. The molecule has 0 aliphatic heterocycles. The van der Waals surface area contributed by atoms with Gasteiger partial charge in [-0.1, -0.05) is 12.8 Å². The van der Waals surface area contributed by atoms with Crippen LogP contribution in [-0.4, -0.2) is 37.3 Å². The average Bonchev–Trinajstić information content (AvgIpc) is 2.75. The van der Waals surface area contributed by atoms with Crippen molar-refractivity contribution >= 4 is 17.6 Å². The highest BCUT2D eigenvalue weighted by Crippen LogP contribution is 2.24. The molecule has 1 aromatic rings. The fourth-order valence-electron chi connectivity index (χ4n) is 4.09. The largest absolute Gasteiger partial charge is 0.497 e. The van der Waals surface area contributed by atoms with E-state index in [9.17, 15) is 9.59 Å². The maximum Gasteiger partial charge on any atom is 0.329 e. The van der Waals surface area contributed by atoms with E-state index in [0.717, 1.165) is 62.8 Å². The monoisotopic (exact) mass is 403 g/mol. The van der Waals surface area contributed by atoms with E-state index in [1.165, 1.54) is 12.8 Å². The molecule has 29 heavy (non-hydrogen) atoms. The molecule has 3 rings (SSSR count). The molecule has 0 bridgehead atoms. The van der Waals surface area contributed by atoms with Crippen LogP contribution in [0.1, 0.15) is 70.6 Å². The molecule has 0 radical (unpaired) electrons. The highest BCUT2D eigenvalue weighted by atomic mass is 16.6. The Morgan fingerprint density at radius 2 is 1.45 bits per heavy atom. The number of nitrogens with one attached hydrogen (secondary N) is 1. The Kier molecular flexibility index (Phi) is 8.20. The summed E-state index contributed by atoms with van der Waals surface area (Å²) < 4.78 is 16.5. The van der Waals surface area contributed by atoms with Crippen LogP contribution in [0.3, 0.4) is 0 Å². The first-order valence-electron chi connectivity index (χ1n) is 10.9. The zero-order chi connectivity index (χ0) is 20.5. The Labute approximate surface area is 173 Å². The second-order valence-electron chi connectivity index (χ2n) is 8.08. The van der Waals surface area contributed by atoms with Crippen molar-refractivity contribution in [2.45, 2.75) is 88.9 Å². The van der Waals surface area contributed by atoms with Crippen molar-refractivity contribution in [3.8, 4) is 5.75 Å². The number of hydrogen-bond donors (Lipinski definition) is 1. The van der Waals surface area contributed by atoms with Crippen LogP contribution in [0.2, 0.25) is 0 Å². The number of carbonyl (C=O) groups excluding carboxylic acids is 2. The number of esters is 2. The molecule has 2 saturated carbocycles. The summed E-state index contributed by atoms with van der Waals surface area (Å²) in [6.45, 7) is 0. The van der Waals surface area contributed by atoms with Gasteiger partial charge in [0.05, 0.1) is 13.5 Å².